The van der Waals surface area contributed by atoms with E-state index in [2.05, 4.69) is 22.3 Å². The van der Waals surface area contributed by atoms with Crippen LogP contribution in [0.15, 0.2) is 51.2 Å². The Balaban J connectivity index is 1.71. The smallest absolute Gasteiger partial charge is 0.270 e. The molecular weight excluding hydrogens is 278 g/mol. The average molecular weight is 289 g/mol. The van der Waals surface area contributed by atoms with E-state index in [0.29, 0.717) is 23.2 Å². The topological polar surface area (TPSA) is 64.9 Å². The number of aromatic nitrogens is 2. The van der Waals surface area contributed by atoms with E-state index in [1.807, 2.05) is 29.6 Å². The lowest BCUT2D eigenvalue weighted by molar-refractivity contribution is 0.426. The Hall–Kier alpha value is -1.79. The summed E-state index contributed by atoms with van der Waals surface area (Å²) in [5.41, 5.74) is 6.50. The van der Waals surface area contributed by atoms with Crippen molar-refractivity contribution in [3.63, 3.8) is 0 Å². The van der Waals surface area contributed by atoms with Gasteiger partial charge in [0.25, 0.3) is 5.89 Å². The summed E-state index contributed by atoms with van der Waals surface area (Å²) in [4.78, 5) is 6.38. The molecule has 0 bridgehead atoms. The quantitative estimate of drug-likeness (QED) is 0.742. The normalized spacial score (nSPS) is 10.7. The van der Waals surface area contributed by atoms with E-state index < -0.39 is 0 Å². The highest BCUT2D eigenvalue weighted by Crippen LogP contribution is 2.30. The summed E-state index contributed by atoms with van der Waals surface area (Å²) >= 11 is 3.18. The summed E-state index contributed by atoms with van der Waals surface area (Å²) in [5.74, 6) is 1.85. The number of benzene rings is 1. The number of thiophene rings is 1. The van der Waals surface area contributed by atoms with Gasteiger partial charge in [-0.05, 0) is 23.6 Å². The zero-order chi connectivity index (χ0) is 13.1. The number of nitrogens with zero attached hydrogens (tertiary/aromatic N) is 2. The number of nitrogens with two attached hydrogens (primary N) is 1. The maximum Gasteiger partial charge on any atom is 0.270 e. The van der Waals surface area contributed by atoms with Crippen molar-refractivity contribution < 1.29 is 4.52 Å². The number of rotatable bonds is 4. The molecule has 0 spiro atoms. The third kappa shape index (κ3) is 2.80. The molecule has 1 aromatic carbocycles. The molecule has 2 heterocycles. The molecule has 0 saturated heterocycles. The van der Waals surface area contributed by atoms with Crippen LogP contribution in [0.25, 0.3) is 10.8 Å². The predicted molar refractivity (Wildman–Crippen MR) is 78.0 cm³/mol. The van der Waals surface area contributed by atoms with Crippen molar-refractivity contribution in [2.24, 2.45) is 0 Å². The number of nitrogen functional groups attached to an aromatic ring is 1. The number of hydrogen-bond donors (Lipinski definition) is 1. The first-order valence-electron chi connectivity index (χ1n) is 5.67. The first-order chi connectivity index (χ1) is 9.33. The highest BCUT2D eigenvalue weighted by atomic mass is 32.2. The van der Waals surface area contributed by atoms with Crippen LogP contribution in [0.2, 0.25) is 0 Å². The molecule has 2 N–H and O–H groups in total. The Morgan fingerprint density at radius 2 is 2.05 bits per heavy atom. The Morgan fingerprint density at radius 1 is 1.21 bits per heavy atom. The van der Waals surface area contributed by atoms with E-state index in [9.17, 15) is 0 Å². The number of anilines is 1. The van der Waals surface area contributed by atoms with Crippen LogP contribution in [-0.2, 0) is 5.75 Å². The highest BCUT2D eigenvalue weighted by Gasteiger charge is 2.12. The van der Waals surface area contributed by atoms with Gasteiger partial charge in [-0.3, -0.25) is 0 Å². The second kappa shape index (κ2) is 5.46. The van der Waals surface area contributed by atoms with Crippen molar-refractivity contribution >= 4 is 28.8 Å². The molecule has 0 saturated carbocycles. The van der Waals surface area contributed by atoms with Crippen molar-refractivity contribution in [1.29, 1.82) is 0 Å². The zero-order valence-electron chi connectivity index (χ0n) is 9.95. The van der Waals surface area contributed by atoms with Gasteiger partial charge in [-0.2, -0.15) is 4.98 Å². The molecule has 19 heavy (non-hydrogen) atoms. The lowest BCUT2D eigenvalue weighted by atomic mass is 10.4. The van der Waals surface area contributed by atoms with E-state index in [4.69, 9.17) is 10.3 Å². The fourth-order valence-corrected chi connectivity index (χ4v) is 3.06. The standard InChI is InChI=1S/C13H11N3OS2/c14-10-6-7-18-12(10)13-15-11(16-17-13)8-19-9-4-2-1-3-5-9/h1-7H,8,14H2. The zero-order valence-corrected chi connectivity index (χ0v) is 11.6. The summed E-state index contributed by atoms with van der Waals surface area (Å²) in [6.07, 6.45) is 0. The molecule has 0 fully saturated rings. The second-order valence-electron chi connectivity index (χ2n) is 3.82. The fraction of sp³-hybridized carbons (Fsp3) is 0.0769. The number of thioether (sulfide) groups is 1. The van der Waals surface area contributed by atoms with E-state index in [0.717, 1.165) is 4.88 Å². The third-order valence-corrected chi connectivity index (χ3v) is 4.40. The van der Waals surface area contributed by atoms with Gasteiger partial charge in [-0.1, -0.05) is 23.4 Å². The van der Waals surface area contributed by atoms with Crippen molar-refractivity contribution in [3.8, 4) is 10.8 Å². The van der Waals surface area contributed by atoms with Crippen molar-refractivity contribution in [2.75, 3.05) is 5.73 Å². The molecule has 3 rings (SSSR count). The van der Waals surface area contributed by atoms with Gasteiger partial charge in [0, 0.05) is 4.90 Å². The monoisotopic (exact) mass is 289 g/mol. The first kappa shape index (κ1) is 12.3. The second-order valence-corrected chi connectivity index (χ2v) is 5.79. The van der Waals surface area contributed by atoms with Crippen LogP contribution < -0.4 is 5.73 Å². The molecule has 4 nitrogen and oxygen atoms in total. The minimum Gasteiger partial charge on any atom is -0.397 e. The van der Waals surface area contributed by atoms with Crippen LogP contribution in [0, 0.1) is 0 Å². The van der Waals surface area contributed by atoms with Gasteiger partial charge < -0.3 is 10.3 Å². The maximum absolute atomic E-state index is 5.82. The highest BCUT2D eigenvalue weighted by molar-refractivity contribution is 7.98. The summed E-state index contributed by atoms with van der Waals surface area (Å²) in [7, 11) is 0. The van der Waals surface area contributed by atoms with Gasteiger partial charge in [0.1, 0.15) is 4.88 Å². The maximum atomic E-state index is 5.82. The minimum absolute atomic E-state index is 0.496. The summed E-state index contributed by atoms with van der Waals surface area (Å²) in [5, 5.41) is 5.88. The van der Waals surface area contributed by atoms with Crippen molar-refractivity contribution in [3.05, 3.63) is 47.6 Å². The van der Waals surface area contributed by atoms with E-state index >= 15 is 0 Å². The molecule has 0 aliphatic heterocycles. The Kier molecular flexibility index (Phi) is 3.52. The lowest BCUT2D eigenvalue weighted by Crippen LogP contribution is -1.85. The largest absolute Gasteiger partial charge is 0.397 e. The molecule has 2 aromatic heterocycles. The van der Waals surface area contributed by atoms with Crippen LogP contribution in [-0.4, -0.2) is 10.1 Å². The first-order valence-corrected chi connectivity index (χ1v) is 7.53. The van der Waals surface area contributed by atoms with Crippen LogP contribution in [0.1, 0.15) is 5.82 Å². The molecule has 0 unspecified atom stereocenters. The summed E-state index contributed by atoms with van der Waals surface area (Å²) < 4.78 is 5.23. The summed E-state index contributed by atoms with van der Waals surface area (Å²) in [6.45, 7) is 0. The van der Waals surface area contributed by atoms with E-state index in [1.165, 1.54) is 16.2 Å². The molecule has 96 valence electrons. The summed E-state index contributed by atoms with van der Waals surface area (Å²) in [6, 6.07) is 12.0. The van der Waals surface area contributed by atoms with Crippen LogP contribution in [0.3, 0.4) is 0 Å². The Labute approximate surface area is 118 Å². The molecule has 0 radical (unpaired) electrons. The van der Waals surface area contributed by atoms with Gasteiger partial charge in [0.2, 0.25) is 0 Å². The van der Waals surface area contributed by atoms with Crippen molar-refractivity contribution in [1.82, 2.24) is 10.1 Å². The number of hydrogen-bond acceptors (Lipinski definition) is 6. The molecule has 0 aliphatic rings. The van der Waals surface area contributed by atoms with Crippen LogP contribution >= 0.6 is 23.1 Å². The molecule has 3 aromatic rings. The Morgan fingerprint density at radius 3 is 2.79 bits per heavy atom. The van der Waals surface area contributed by atoms with Crippen molar-refractivity contribution in [2.45, 2.75) is 10.6 Å². The van der Waals surface area contributed by atoms with E-state index in [-0.39, 0.29) is 0 Å². The third-order valence-electron chi connectivity index (χ3n) is 2.47. The molecule has 0 amide bonds. The average Bonchev–Trinajstić information content (AvgIpc) is 3.06. The minimum atomic E-state index is 0.496. The van der Waals surface area contributed by atoms with E-state index in [1.54, 1.807) is 11.8 Å². The van der Waals surface area contributed by atoms with Gasteiger partial charge >= 0.3 is 0 Å². The van der Waals surface area contributed by atoms with Crippen LogP contribution in [0.5, 0.6) is 0 Å². The molecule has 0 atom stereocenters. The van der Waals surface area contributed by atoms with Crippen LogP contribution in [0.4, 0.5) is 5.69 Å². The van der Waals surface area contributed by atoms with Gasteiger partial charge in [0.15, 0.2) is 5.82 Å². The fourth-order valence-electron chi connectivity index (χ4n) is 1.56. The Bertz CT molecular complexity index is 663. The molecule has 0 aliphatic carbocycles. The SMILES string of the molecule is Nc1ccsc1-c1nc(CSc2ccccc2)no1. The van der Waals surface area contributed by atoms with Gasteiger partial charge in [0.05, 0.1) is 11.4 Å². The predicted octanol–water partition coefficient (Wildman–Crippen LogP) is 3.67. The van der Waals surface area contributed by atoms with Gasteiger partial charge in [-0.25, -0.2) is 0 Å². The lowest BCUT2D eigenvalue weighted by Gasteiger charge is -1.96. The van der Waals surface area contributed by atoms with Gasteiger partial charge in [-0.15, -0.1) is 23.1 Å². The molecule has 6 heteroatoms. The molecular formula is C13H11N3OS2.